The van der Waals surface area contributed by atoms with Crippen LogP contribution in [0.15, 0.2) is 35.5 Å². The lowest BCUT2D eigenvalue weighted by Crippen LogP contribution is -2.39. The van der Waals surface area contributed by atoms with Crippen LogP contribution in [0.25, 0.3) is 0 Å². The average molecular weight is 466 g/mol. The molecule has 8 heteroatoms. The minimum absolute atomic E-state index is 0.0822. The smallest absolute Gasteiger partial charge is 0.270 e. The summed E-state index contributed by atoms with van der Waals surface area (Å²) in [6.07, 6.45) is 3.06. The quantitative estimate of drug-likeness (QED) is 0.641. The summed E-state index contributed by atoms with van der Waals surface area (Å²) in [5, 5.41) is 7.28. The van der Waals surface area contributed by atoms with Gasteiger partial charge in [0.25, 0.3) is 5.91 Å². The predicted molar refractivity (Wildman–Crippen MR) is 131 cm³/mol. The molecule has 8 nitrogen and oxygen atoms in total. The van der Waals surface area contributed by atoms with E-state index < -0.39 is 0 Å². The van der Waals surface area contributed by atoms with Crippen LogP contribution in [-0.4, -0.2) is 59.3 Å². The van der Waals surface area contributed by atoms with Crippen molar-refractivity contribution in [2.45, 2.75) is 52.7 Å². The number of nitrogens with zero attached hydrogens (tertiary/aromatic N) is 4. The van der Waals surface area contributed by atoms with Gasteiger partial charge in [0, 0.05) is 25.4 Å². The van der Waals surface area contributed by atoms with Crippen LogP contribution >= 0.6 is 0 Å². The molecule has 1 fully saturated rings. The van der Waals surface area contributed by atoms with Crippen LogP contribution in [-0.2, 0) is 11.4 Å². The zero-order valence-electron chi connectivity index (χ0n) is 20.6. The number of methoxy groups -OCH3 is 1. The maximum absolute atomic E-state index is 12.8. The third-order valence-electron chi connectivity index (χ3n) is 6.45. The van der Waals surface area contributed by atoms with Crippen LogP contribution in [0, 0.1) is 18.8 Å². The van der Waals surface area contributed by atoms with Crippen molar-refractivity contribution in [3.8, 4) is 5.75 Å². The summed E-state index contributed by atoms with van der Waals surface area (Å²) in [5.74, 6) is 2.28. The number of hydrogen-bond acceptors (Lipinski definition) is 7. The van der Waals surface area contributed by atoms with E-state index in [4.69, 9.17) is 9.57 Å². The Morgan fingerprint density at radius 3 is 2.62 bits per heavy atom. The molecule has 4 rings (SSSR count). The molecule has 0 saturated carbocycles. The Labute approximate surface area is 201 Å². The van der Waals surface area contributed by atoms with Crippen molar-refractivity contribution in [1.29, 1.82) is 0 Å². The lowest BCUT2D eigenvalue weighted by molar-refractivity contribution is 0.0124. The Hall–Kier alpha value is -3.00. The Kier molecular flexibility index (Phi) is 7.77. The summed E-state index contributed by atoms with van der Waals surface area (Å²) >= 11 is 0. The van der Waals surface area contributed by atoms with Crippen molar-refractivity contribution in [2.24, 2.45) is 17.0 Å². The minimum Gasteiger partial charge on any atom is -0.497 e. The normalized spacial score (nSPS) is 19.1. The third kappa shape index (κ3) is 6.11. The SMILES string of the molecule is COc1ccc(CNC(=O)c2cc(C3=NOC(C4CCN(CC(C)C)CC4)C3)nc(C)n2)cc1. The van der Waals surface area contributed by atoms with Gasteiger partial charge >= 0.3 is 0 Å². The van der Waals surface area contributed by atoms with E-state index in [1.807, 2.05) is 24.3 Å². The van der Waals surface area contributed by atoms with E-state index >= 15 is 0 Å². The summed E-state index contributed by atoms with van der Waals surface area (Å²) in [6, 6.07) is 9.31. The monoisotopic (exact) mass is 465 g/mol. The van der Waals surface area contributed by atoms with Gasteiger partial charge in [0.1, 0.15) is 29.1 Å². The predicted octanol–water partition coefficient (Wildman–Crippen LogP) is 3.58. The van der Waals surface area contributed by atoms with Crippen LogP contribution in [0.1, 0.15) is 60.7 Å². The number of carbonyl (C=O) groups excluding carboxylic acids is 1. The minimum atomic E-state index is -0.240. The van der Waals surface area contributed by atoms with Gasteiger partial charge in [-0.1, -0.05) is 31.1 Å². The highest BCUT2D eigenvalue weighted by Crippen LogP contribution is 2.29. The molecule has 2 aliphatic rings. The van der Waals surface area contributed by atoms with Gasteiger partial charge in [-0.25, -0.2) is 9.97 Å². The number of rotatable bonds is 8. The second kappa shape index (κ2) is 11.0. The van der Waals surface area contributed by atoms with Crippen molar-refractivity contribution in [3.63, 3.8) is 0 Å². The number of hydrogen-bond donors (Lipinski definition) is 1. The molecule has 3 heterocycles. The van der Waals surface area contributed by atoms with Crippen molar-refractivity contribution in [3.05, 3.63) is 53.1 Å². The van der Waals surface area contributed by atoms with Crippen LogP contribution in [0.4, 0.5) is 0 Å². The molecule has 1 amide bonds. The molecule has 2 aromatic rings. The largest absolute Gasteiger partial charge is 0.497 e. The fourth-order valence-electron chi connectivity index (χ4n) is 4.67. The van der Waals surface area contributed by atoms with E-state index in [9.17, 15) is 4.79 Å². The molecular formula is C26H35N5O3. The molecule has 1 aromatic carbocycles. The topological polar surface area (TPSA) is 88.9 Å². The average Bonchev–Trinajstić information content (AvgIpc) is 3.33. The fourth-order valence-corrected chi connectivity index (χ4v) is 4.67. The molecule has 1 unspecified atom stereocenters. The van der Waals surface area contributed by atoms with Gasteiger partial charge in [-0.15, -0.1) is 0 Å². The Morgan fingerprint density at radius 2 is 1.94 bits per heavy atom. The Balaban J connectivity index is 1.34. The third-order valence-corrected chi connectivity index (χ3v) is 6.45. The van der Waals surface area contributed by atoms with Crippen molar-refractivity contribution >= 4 is 11.6 Å². The number of ether oxygens (including phenoxy) is 1. The number of amides is 1. The molecule has 0 bridgehead atoms. The maximum Gasteiger partial charge on any atom is 0.270 e. The summed E-state index contributed by atoms with van der Waals surface area (Å²) in [4.78, 5) is 30.0. The molecule has 1 aromatic heterocycles. The number of oxime groups is 1. The molecule has 34 heavy (non-hydrogen) atoms. The first-order valence-electron chi connectivity index (χ1n) is 12.1. The van der Waals surface area contributed by atoms with E-state index in [0.29, 0.717) is 35.6 Å². The molecule has 1 N–H and O–H groups in total. The van der Waals surface area contributed by atoms with Crippen LogP contribution < -0.4 is 10.1 Å². The summed E-state index contributed by atoms with van der Waals surface area (Å²) in [5.41, 5.74) is 2.78. The van der Waals surface area contributed by atoms with Gasteiger partial charge in [-0.2, -0.15) is 0 Å². The highest BCUT2D eigenvalue weighted by Gasteiger charge is 2.33. The van der Waals surface area contributed by atoms with Gasteiger partial charge in [-0.3, -0.25) is 4.79 Å². The fraction of sp³-hybridized carbons (Fsp3) is 0.538. The number of likely N-dealkylation sites (tertiary alicyclic amines) is 1. The number of aryl methyl sites for hydroxylation is 1. The standard InChI is InChI=1S/C26H35N5O3/c1-17(2)16-31-11-9-20(10-12-31)25-14-23(30-34-25)22-13-24(29-18(3)28-22)26(32)27-15-19-5-7-21(33-4)8-6-19/h5-8,13,17,20,25H,9-12,14-16H2,1-4H3,(H,27,32). The Morgan fingerprint density at radius 1 is 1.21 bits per heavy atom. The van der Waals surface area contributed by atoms with Crippen molar-refractivity contribution in [1.82, 2.24) is 20.2 Å². The highest BCUT2D eigenvalue weighted by atomic mass is 16.6. The van der Waals surface area contributed by atoms with Crippen LogP contribution in [0.2, 0.25) is 0 Å². The van der Waals surface area contributed by atoms with E-state index in [-0.39, 0.29) is 12.0 Å². The number of carbonyl (C=O) groups is 1. The number of aromatic nitrogens is 2. The number of nitrogens with one attached hydrogen (secondary N) is 1. The summed E-state index contributed by atoms with van der Waals surface area (Å²) in [6.45, 7) is 10.1. The molecule has 2 aliphatic heterocycles. The second-order valence-corrected chi connectivity index (χ2v) is 9.63. The van der Waals surface area contributed by atoms with E-state index in [0.717, 1.165) is 55.9 Å². The number of benzene rings is 1. The highest BCUT2D eigenvalue weighted by molar-refractivity contribution is 6.01. The molecule has 1 atom stereocenters. The lowest BCUT2D eigenvalue weighted by Gasteiger charge is -2.34. The molecule has 0 radical (unpaired) electrons. The van der Waals surface area contributed by atoms with E-state index in [1.54, 1.807) is 20.1 Å². The second-order valence-electron chi connectivity index (χ2n) is 9.63. The molecular weight excluding hydrogens is 430 g/mol. The summed E-state index contributed by atoms with van der Waals surface area (Å²) < 4.78 is 5.18. The van der Waals surface area contributed by atoms with Crippen LogP contribution in [0.5, 0.6) is 5.75 Å². The first kappa shape index (κ1) is 24.1. The zero-order valence-corrected chi connectivity index (χ0v) is 20.6. The molecule has 182 valence electrons. The van der Waals surface area contributed by atoms with Gasteiger partial charge in [0.2, 0.25) is 0 Å². The van der Waals surface area contributed by atoms with Gasteiger partial charge in [-0.05, 0) is 62.5 Å². The van der Waals surface area contributed by atoms with E-state index in [2.05, 4.69) is 39.2 Å². The van der Waals surface area contributed by atoms with Gasteiger partial charge in [0.05, 0.1) is 12.8 Å². The Bertz CT molecular complexity index is 1010. The number of piperidine rings is 1. The van der Waals surface area contributed by atoms with Gasteiger partial charge < -0.3 is 19.8 Å². The molecule has 0 aliphatic carbocycles. The first-order chi connectivity index (χ1) is 16.4. The first-order valence-corrected chi connectivity index (χ1v) is 12.1. The van der Waals surface area contributed by atoms with Crippen molar-refractivity contribution < 1.29 is 14.4 Å². The van der Waals surface area contributed by atoms with Gasteiger partial charge in [0.15, 0.2) is 0 Å². The zero-order chi connectivity index (χ0) is 24.1. The lowest BCUT2D eigenvalue weighted by atomic mass is 9.88. The van der Waals surface area contributed by atoms with Crippen molar-refractivity contribution in [2.75, 3.05) is 26.7 Å². The molecule has 0 spiro atoms. The molecule has 1 saturated heterocycles. The van der Waals surface area contributed by atoms with Crippen LogP contribution in [0.3, 0.4) is 0 Å². The van der Waals surface area contributed by atoms with E-state index in [1.165, 1.54) is 0 Å². The maximum atomic E-state index is 12.8. The summed E-state index contributed by atoms with van der Waals surface area (Å²) in [7, 11) is 1.63.